The van der Waals surface area contributed by atoms with Gasteiger partial charge >= 0.3 is 0 Å². The second-order valence-corrected chi connectivity index (χ2v) is 7.73. The summed E-state index contributed by atoms with van der Waals surface area (Å²) in [6.07, 6.45) is 1.81. The summed E-state index contributed by atoms with van der Waals surface area (Å²) < 4.78 is 18.9. The number of nitrogens with zero attached hydrogens (tertiary/aromatic N) is 5. The summed E-state index contributed by atoms with van der Waals surface area (Å²) in [4.78, 5) is 14.1. The molecule has 154 valence electrons. The number of aryl methyl sites for hydroxylation is 1. The molecular formula is C19H28ClN5O3. The molecular weight excluding hydrogens is 382 g/mol. The van der Waals surface area contributed by atoms with Gasteiger partial charge in [-0.15, -0.1) is 0 Å². The molecule has 0 bridgehead atoms. The molecule has 2 aromatic rings. The Morgan fingerprint density at radius 1 is 1.18 bits per heavy atom. The molecule has 0 N–H and O–H groups in total. The van der Waals surface area contributed by atoms with Crippen molar-refractivity contribution < 1.29 is 14.2 Å². The highest BCUT2D eigenvalue weighted by molar-refractivity contribution is 6.30. The van der Waals surface area contributed by atoms with E-state index < -0.39 is 0 Å². The van der Waals surface area contributed by atoms with Crippen LogP contribution < -0.4 is 9.64 Å². The fraction of sp³-hybridized carbons (Fsp3) is 0.684. The average Bonchev–Trinajstić information content (AvgIpc) is 3.04. The van der Waals surface area contributed by atoms with Gasteiger partial charge in [0.15, 0.2) is 5.52 Å². The SMILES string of the molecule is COCCN1CCN(c2nc3c(OC4CCOCC4)nc(Cl)cc3n2C)CC1. The van der Waals surface area contributed by atoms with E-state index in [1.165, 1.54) is 0 Å². The van der Waals surface area contributed by atoms with Gasteiger partial charge < -0.3 is 23.7 Å². The Balaban J connectivity index is 1.55. The molecule has 4 heterocycles. The Morgan fingerprint density at radius 3 is 2.64 bits per heavy atom. The molecule has 2 aliphatic heterocycles. The van der Waals surface area contributed by atoms with Gasteiger partial charge in [-0.3, -0.25) is 4.90 Å². The van der Waals surface area contributed by atoms with Crippen molar-refractivity contribution >= 4 is 28.6 Å². The molecule has 2 fully saturated rings. The maximum Gasteiger partial charge on any atom is 0.244 e. The van der Waals surface area contributed by atoms with E-state index in [0.717, 1.165) is 82.4 Å². The first-order valence-corrected chi connectivity index (χ1v) is 10.3. The van der Waals surface area contributed by atoms with Crippen molar-refractivity contribution in [3.05, 3.63) is 11.2 Å². The van der Waals surface area contributed by atoms with Crippen molar-refractivity contribution in [1.82, 2.24) is 19.4 Å². The van der Waals surface area contributed by atoms with E-state index in [2.05, 4.69) is 19.4 Å². The minimum Gasteiger partial charge on any atom is -0.473 e. The van der Waals surface area contributed by atoms with Crippen LogP contribution in [0.3, 0.4) is 0 Å². The number of fused-ring (bicyclic) bond motifs is 1. The van der Waals surface area contributed by atoms with Crippen LogP contribution in [-0.4, -0.2) is 85.2 Å². The predicted octanol–water partition coefficient (Wildman–Crippen LogP) is 1.95. The third-order valence-electron chi connectivity index (χ3n) is 5.50. The predicted molar refractivity (Wildman–Crippen MR) is 109 cm³/mol. The Hall–Kier alpha value is -1.61. The van der Waals surface area contributed by atoms with Crippen molar-refractivity contribution in [2.45, 2.75) is 18.9 Å². The second kappa shape index (κ2) is 8.82. The molecule has 9 heteroatoms. The average molecular weight is 410 g/mol. The largest absolute Gasteiger partial charge is 0.473 e. The zero-order chi connectivity index (χ0) is 19.5. The highest BCUT2D eigenvalue weighted by Gasteiger charge is 2.24. The minimum absolute atomic E-state index is 0.0951. The Kier molecular flexibility index (Phi) is 6.20. The van der Waals surface area contributed by atoms with Gasteiger partial charge in [-0.1, -0.05) is 11.6 Å². The first kappa shape index (κ1) is 19.7. The number of anilines is 1. The second-order valence-electron chi connectivity index (χ2n) is 7.34. The molecule has 0 aliphatic carbocycles. The quantitative estimate of drug-likeness (QED) is 0.675. The lowest BCUT2D eigenvalue weighted by Crippen LogP contribution is -2.48. The molecule has 0 atom stereocenters. The van der Waals surface area contributed by atoms with Gasteiger partial charge in [-0.2, -0.15) is 4.98 Å². The number of piperazine rings is 1. The lowest BCUT2D eigenvalue weighted by Gasteiger charge is -2.35. The molecule has 28 heavy (non-hydrogen) atoms. The van der Waals surface area contributed by atoms with E-state index in [-0.39, 0.29) is 6.10 Å². The number of aromatic nitrogens is 3. The summed E-state index contributed by atoms with van der Waals surface area (Å²) in [6.45, 7) is 7.02. The van der Waals surface area contributed by atoms with Gasteiger partial charge in [0.1, 0.15) is 11.3 Å². The summed E-state index contributed by atoms with van der Waals surface area (Å²) in [7, 11) is 3.77. The number of rotatable bonds is 6. The molecule has 0 aromatic carbocycles. The lowest BCUT2D eigenvalue weighted by molar-refractivity contribution is 0.0243. The molecule has 8 nitrogen and oxygen atoms in total. The van der Waals surface area contributed by atoms with Crippen LogP contribution in [0.2, 0.25) is 5.15 Å². The number of ether oxygens (including phenoxy) is 3. The smallest absolute Gasteiger partial charge is 0.244 e. The number of hydrogen-bond acceptors (Lipinski definition) is 7. The van der Waals surface area contributed by atoms with Crippen molar-refractivity contribution in [2.75, 3.05) is 64.6 Å². The number of pyridine rings is 1. The maximum absolute atomic E-state index is 6.29. The molecule has 2 saturated heterocycles. The van der Waals surface area contributed by atoms with Crippen LogP contribution in [0, 0.1) is 0 Å². The van der Waals surface area contributed by atoms with Crippen molar-refractivity contribution in [1.29, 1.82) is 0 Å². The van der Waals surface area contributed by atoms with Gasteiger partial charge in [-0.25, -0.2) is 4.98 Å². The molecule has 2 aliphatic rings. The maximum atomic E-state index is 6.29. The zero-order valence-electron chi connectivity index (χ0n) is 16.6. The normalized spacial score (nSPS) is 19.5. The van der Waals surface area contributed by atoms with E-state index in [9.17, 15) is 0 Å². The van der Waals surface area contributed by atoms with Crippen LogP contribution in [0.15, 0.2) is 6.07 Å². The van der Waals surface area contributed by atoms with E-state index in [0.29, 0.717) is 11.0 Å². The van der Waals surface area contributed by atoms with Crippen LogP contribution in [0.4, 0.5) is 5.95 Å². The molecule has 0 radical (unpaired) electrons. The van der Waals surface area contributed by atoms with Gasteiger partial charge in [0, 0.05) is 65.8 Å². The zero-order valence-corrected chi connectivity index (χ0v) is 17.3. The molecule has 0 amide bonds. The Bertz CT molecular complexity index is 800. The summed E-state index contributed by atoms with van der Waals surface area (Å²) in [5.41, 5.74) is 1.72. The molecule has 0 saturated carbocycles. The van der Waals surface area contributed by atoms with Crippen LogP contribution in [0.1, 0.15) is 12.8 Å². The fourth-order valence-corrected chi connectivity index (χ4v) is 4.01. The van der Waals surface area contributed by atoms with Gasteiger partial charge in [0.2, 0.25) is 11.8 Å². The summed E-state index contributed by atoms with van der Waals surface area (Å²) in [6, 6.07) is 1.86. The number of imidazole rings is 1. The Morgan fingerprint density at radius 2 is 1.93 bits per heavy atom. The van der Waals surface area contributed by atoms with Crippen molar-refractivity contribution in [3.63, 3.8) is 0 Å². The summed E-state index contributed by atoms with van der Waals surface area (Å²) in [5, 5.41) is 0.425. The van der Waals surface area contributed by atoms with Crippen LogP contribution in [-0.2, 0) is 16.5 Å². The van der Waals surface area contributed by atoms with E-state index >= 15 is 0 Å². The third-order valence-corrected chi connectivity index (χ3v) is 5.69. The van der Waals surface area contributed by atoms with E-state index in [1.807, 2.05) is 13.1 Å². The van der Waals surface area contributed by atoms with E-state index in [4.69, 9.17) is 30.8 Å². The van der Waals surface area contributed by atoms with Crippen molar-refractivity contribution in [3.8, 4) is 5.88 Å². The molecule has 2 aromatic heterocycles. The number of halogens is 1. The van der Waals surface area contributed by atoms with Crippen LogP contribution in [0.5, 0.6) is 5.88 Å². The van der Waals surface area contributed by atoms with E-state index in [1.54, 1.807) is 7.11 Å². The monoisotopic (exact) mass is 409 g/mol. The third kappa shape index (κ3) is 4.20. The Labute approximate surface area is 170 Å². The molecule has 0 spiro atoms. The highest BCUT2D eigenvalue weighted by Crippen LogP contribution is 2.31. The first-order chi connectivity index (χ1) is 13.7. The summed E-state index contributed by atoms with van der Waals surface area (Å²) >= 11 is 6.29. The number of methoxy groups -OCH3 is 1. The summed E-state index contributed by atoms with van der Waals surface area (Å²) in [5.74, 6) is 1.46. The first-order valence-electron chi connectivity index (χ1n) is 9.89. The van der Waals surface area contributed by atoms with Gasteiger partial charge in [0.25, 0.3) is 0 Å². The standard InChI is InChI=1S/C19H28ClN5O3/c1-23-15-13-16(20)21-18(28-14-3-10-27-11-4-14)17(15)22-19(23)25-7-5-24(6-8-25)9-12-26-2/h13-14H,3-12H2,1-2H3. The van der Waals surface area contributed by atoms with Gasteiger partial charge in [0.05, 0.1) is 25.3 Å². The highest BCUT2D eigenvalue weighted by atomic mass is 35.5. The topological polar surface area (TPSA) is 64.9 Å². The number of hydrogen-bond donors (Lipinski definition) is 0. The van der Waals surface area contributed by atoms with Gasteiger partial charge in [-0.05, 0) is 0 Å². The molecule has 0 unspecified atom stereocenters. The van der Waals surface area contributed by atoms with Crippen molar-refractivity contribution in [2.24, 2.45) is 7.05 Å². The fourth-order valence-electron chi connectivity index (χ4n) is 3.83. The van der Waals surface area contributed by atoms with Crippen LogP contribution in [0.25, 0.3) is 11.0 Å². The minimum atomic E-state index is 0.0951. The molecule has 4 rings (SSSR count). The lowest BCUT2D eigenvalue weighted by atomic mass is 10.1. The van der Waals surface area contributed by atoms with Crippen LogP contribution >= 0.6 is 11.6 Å².